The van der Waals surface area contributed by atoms with Crippen molar-refractivity contribution in [2.24, 2.45) is 11.8 Å². The first-order valence-corrected chi connectivity index (χ1v) is 9.78. The van der Waals surface area contributed by atoms with Crippen LogP contribution in [0.25, 0.3) is 15.9 Å². The molecule has 3 heterocycles. The lowest BCUT2D eigenvalue weighted by Crippen LogP contribution is -2.42. The van der Waals surface area contributed by atoms with Gasteiger partial charge in [0.1, 0.15) is 10.6 Å². The number of hydrogen-bond acceptors (Lipinski definition) is 3. The van der Waals surface area contributed by atoms with Crippen LogP contribution in [0.4, 0.5) is 4.39 Å². The lowest BCUT2D eigenvalue weighted by Gasteiger charge is -2.34. The van der Waals surface area contributed by atoms with Crippen LogP contribution in [0.1, 0.15) is 35.6 Å². The second kappa shape index (κ2) is 6.50. The highest BCUT2D eigenvalue weighted by atomic mass is 32.1. The topological polar surface area (TPSA) is 38.1 Å². The monoisotopic (exact) mass is 371 g/mol. The van der Waals surface area contributed by atoms with Crippen LogP contribution in [0, 0.1) is 24.6 Å². The number of nitrogens with zero attached hydrogens (tertiary/aromatic N) is 3. The van der Waals surface area contributed by atoms with Gasteiger partial charge in [-0.15, -0.1) is 11.3 Å². The predicted molar refractivity (Wildman–Crippen MR) is 102 cm³/mol. The van der Waals surface area contributed by atoms with E-state index in [1.54, 1.807) is 16.8 Å². The third-order valence-corrected chi connectivity index (χ3v) is 6.08. The van der Waals surface area contributed by atoms with E-state index in [9.17, 15) is 9.18 Å². The Hall–Kier alpha value is -2.21. The lowest BCUT2D eigenvalue weighted by molar-refractivity contribution is 0.0628. The molecule has 0 aliphatic carbocycles. The maximum absolute atomic E-state index is 13.2. The van der Waals surface area contributed by atoms with Crippen molar-refractivity contribution in [3.05, 3.63) is 46.7 Å². The van der Waals surface area contributed by atoms with Crippen molar-refractivity contribution in [3.63, 3.8) is 0 Å². The molecule has 26 heavy (non-hydrogen) atoms. The van der Waals surface area contributed by atoms with Gasteiger partial charge in [-0.25, -0.2) is 9.07 Å². The lowest BCUT2D eigenvalue weighted by atomic mass is 9.92. The minimum Gasteiger partial charge on any atom is -0.337 e. The average molecular weight is 371 g/mol. The summed E-state index contributed by atoms with van der Waals surface area (Å²) < 4.78 is 15.0. The minimum atomic E-state index is -0.274. The first kappa shape index (κ1) is 17.2. The molecule has 1 aliphatic heterocycles. The summed E-state index contributed by atoms with van der Waals surface area (Å²) in [5, 5.41) is 5.55. The molecule has 6 heteroatoms. The number of likely N-dealkylation sites (tertiary alicyclic amines) is 1. The van der Waals surface area contributed by atoms with Gasteiger partial charge in [0.05, 0.1) is 16.3 Å². The SMILES string of the molecule is Cc1nn(-c2ccc(F)cc2)c2sc(C(=O)N3CC(C)CC(C)C3)cc12. The summed E-state index contributed by atoms with van der Waals surface area (Å²) in [6.07, 6.45) is 1.18. The zero-order valence-electron chi connectivity index (χ0n) is 15.2. The number of fused-ring (bicyclic) bond motifs is 1. The number of thiophene rings is 1. The number of halogens is 1. The van der Waals surface area contributed by atoms with Gasteiger partial charge in [0.2, 0.25) is 0 Å². The van der Waals surface area contributed by atoms with Crippen molar-refractivity contribution in [2.75, 3.05) is 13.1 Å². The highest BCUT2D eigenvalue weighted by Gasteiger charge is 2.28. The van der Waals surface area contributed by atoms with Crippen LogP contribution in [-0.2, 0) is 0 Å². The number of aryl methyl sites for hydroxylation is 1. The van der Waals surface area contributed by atoms with Crippen molar-refractivity contribution >= 4 is 27.5 Å². The number of amides is 1. The van der Waals surface area contributed by atoms with E-state index < -0.39 is 0 Å². The molecule has 2 aromatic heterocycles. The van der Waals surface area contributed by atoms with Crippen molar-refractivity contribution < 1.29 is 9.18 Å². The van der Waals surface area contributed by atoms with Crippen molar-refractivity contribution in [1.82, 2.24) is 14.7 Å². The van der Waals surface area contributed by atoms with Crippen LogP contribution >= 0.6 is 11.3 Å². The van der Waals surface area contributed by atoms with Crippen LogP contribution in [0.15, 0.2) is 30.3 Å². The predicted octanol–water partition coefficient (Wildman–Crippen LogP) is 4.65. The number of carbonyl (C=O) groups excluding carboxylic acids is 1. The fourth-order valence-corrected chi connectivity index (χ4v) is 5.05. The number of rotatable bonds is 2. The summed E-state index contributed by atoms with van der Waals surface area (Å²) in [7, 11) is 0. The molecule has 0 radical (unpaired) electrons. The van der Waals surface area contributed by atoms with Gasteiger partial charge in [0.25, 0.3) is 5.91 Å². The molecule has 4 nitrogen and oxygen atoms in total. The summed E-state index contributed by atoms with van der Waals surface area (Å²) in [5.41, 5.74) is 1.67. The zero-order chi connectivity index (χ0) is 18.4. The molecule has 1 amide bonds. The van der Waals surface area contributed by atoms with E-state index in [1.165, 1.54) is 29.9 Å². The van der Waals surface area contributed by atoms with E-state index in [1.807, 2.05) is 17.9 Å². The third-order valence-electron chi connectivity index (χ3n) is 4.98. The molecule has 0 N–H and O–H groups in total. The summed E-state index contributed by atoms with van der Waals surface area (Å²) in [6.45, 7) is 7.99. The van der Waals surface area contributed by atoms with Gasteiger partial charge in [-0.05, 0) is 55.5 Å². The summed E-state index contributed by atoms with van der Waals surface area (Å²) in [5.74, 6) is 0.904. The van der Waals surface area contributed by atoms with E-state index >= 15 is 0 Å². The molecule has 0 spiro atoms. The van der Waals surface area contributed by atoms with Gasteiger partial charge < -0.3 is 4.90 Å². The first-order valence-electron chi connectivity index (χ1n) is 8.96. The number of carbonyl (C=O) groups is 1. The van der Waals surface area contributed by atoms with Gasteiger partial charge >= 0.3 is 0 Å². The van der Waals surface area contributed by atoms with Gasteiger partial charge in [-0.2, -0.15) is 5.10 Å². The van der Waals surface area contributed by atoms with Crippen LogP contribution < -0.4 is 0 Å². The van der Waals surface area contributed by atoms with Gasteiger partial charge in [-0.3, -0.25) is 4.79 Å². The third kappa shape index (κ3) is 3.03. The Kier molecular flexibility index (Phi) is 4.31. The van der Waals surface area contributed by atoms with Crippen LogP contribution in [0.5, 0.6) is 0 Å². The molecule has 1 fully saturated rings. The Morgan fingerprint density at radius 3 is 2.50 bits per heavy atom. The Labute approximate surface area is 156 Å². The zero-order valence-corrected chi connectivity index (χ0v) is 16.0. The van der Waals surface area contributed by atoms with E-state index in [2.05, 4.69) is 18.9 Å². The quantitative estimate of drug-likeness (QED) is 0.657. The first-order chi connectivity index (χ1) is 12.4. The number of aromatic nitrogens is 2. The second-order valence-electron chi connectivity index (χ2n) is 7.46. The molecule has 4 rings (SSSR count). The molecule has 2 atom stereocenters. The minimum absolute atomic E-state index is 0.106. The Bertz CT molecular complexity index is 950. The number of hydrogen-bond donors (Lipinski definition) is 0. The van der Waals surface area contributed by atoms with Crippen LogP contribution in [0.3, 0.4) is 0 Å². The highest BCUT2D eigenvalue weighted by molar-refractivity contribution is 7.20. The molecule has 3 aromatic rings. The maximum atomic E-state index is 13.2. The Morgan fingerprint density at radius 2 is 1.85 bits per heavy atom. The molecule has 2 unspecified atom stereocenters. The summed E-state index contributed by atoms with van der Waals surface area (Å²) in [6, 6.07) is 8.21. The largest absolute Gasteiger partial charge is 0.337 e. The van der Waals surface area contributed by atoms with E-state index in [0.29, 0.717) is 11.8 Å². The summed E-state index contributed by atoms with van der Waals surface area (Å²) in [4.78, 5) is 16.7. The van der Waals surface area contributed by atoms with Gasteiger partial charge in [-0.1, -0.05) is 13.8 Å². The van der Waals surface area contributed by atoms with E-state index in [0.717, 1.165) is 39.6 Å². The average Bonchev–Trinajstić information content (AvgIpc) is 3.15. The molecular formula is C20H22FN3OS. The van der Waals surface area contributed by atoms with Crippen molar-refractivity contribution in [1.29, 1.82) is 0 Å². The van der Waals surface area contributed by atoms with E-state index in [4.69, 9.17) is 0 Å². The molecule has 1 aromatic carbocycles. The van der Waals surface area contributed by atoms with Gasteiger partial charge in [0.15, 0.2) is 0 Å². The maximum Gasteiger partial charge on any atom is 0.264 e. The molecule has 0 bridgehead atoms. The fraction of sp³-hybridized carbons (Fsp3) is 0.400. The summed E-state index contributed by atoms with van der Waals surface area (Å²) >= 11 is 1.46. The van der Waals surface area contributed by atoms with Crippen LogP contribution in [-0.4, -0.2) is 33.7 Å². The second-order valence-corrected chi connectivity index (χ2v) is 8.49. The fourth-order valence-electron chi connectivity index (χ4n) is 3.89. The van der Waals surface area contributed by atoms with Crippen molar-refractivity contribution in [3.8, 4) is 5.69 Å². The molecule has 1 saturated heterocycles. The number of benzene rings is 1. The van der Waals surface area contributed by atoms with Crippen molar-refractivity contribution in [2.45, 2.75) is 27.2 Å². The Morgan fingerprint density at radius 1 is 1.19 bits per heavy atom. The van der Waals surface area contributed by atoms with Gasteiger partial charge in [0, 0.05) is 18.5 Å². The highest BCUT2D eigenvalue weighted by Crippen LogP contribution is 2.32. The molecule has 1 aliphatic rings. The smallest absolute Gasteiger partial charge is 0.264 e. The molecule has 0 saturated carbocycles. The standard InChI is InChI=1S/C20H22FN3OS/c1-12-8-13(2)11-23(10-12)19(25)18-9-17-14(3)22-24(20(17)26-18)16-6-4-15(21)5-7-16/h4-7,9,12-13H,8,10-11H2,1-3H3. The Balaban J connectivity index is 1.70. The molecule has 136 valence electrons. The molecular weight excluding hydrogens is 349 g/mol. The van der Waals surface area contributed by atoms with Crippen LogP contribution in [0.2, 0.25) is 0 Å². The normalized spacial score (nSPS) is 20.7. The number of piperidine rings is 1. The van der Waals surface area contributed by atoms with E-state index in [-0.39, 0.29) is 11.7 Å².